The van der Waals surface area contributed by atoms with Gasteiger partial charge in [0, 0.05) is 50.2 Å². The summed E-state index contributed by atoms with van der Waals surface area (Å²) in [6, 6.07) is 13.2. The largest absolute Gasteiger partial charge is 0.353 e. The summed E-state index contributed by atoms with van der Waals surface area (Å²) in [4.78, 5) is 25.7. The van der Waals surface area contributed by atoms with E-state index in [1.54, 1.807) is 10.9 Å². The standard InChI is InChI=1S/C19H20N6O/c1-15-21-17(14-18(22-15)25-9-5-8-20-25)23-10-12-24(13-11-23)19(26)16-6-3-2-4-7-16/h2-9,14H,10-13H2,1H3. The number of carbonyl (C=O) groups excluding carboxylic acids is 1. The summed E-state index contributed by atoms with van der Waals surface area (Å²) in [5, 5.41) is 4.24. The van der Waals surface area contributed by atoms with Crippen LogP contribution in [0.4, 0.5) is 5.82 Å². The smallest absolute Gasteiger partial charge is 0.253 e. The molecule has 1 fully saturated rings. The first-order valence-electron chi connectivity index (χ1n) is 8.66. The van der Waals surface area contributed by atoms with Crippen LogP contribution in [0.25, 0.3) is 5.82 Å². The third-order valence-electron chi connectivity index (χ3n) is 4.46. The molecule has 0 atom stereocenters. The molecule has 26 heavy (non-hydrogen) atoms. The lowest BCUT2D eigenvalue weighted by Gasteiger charge is -2.35. The van der Waals surface area contributed by atoms with Crippen LogP contribution >= 0.6 is 0 Å². The molecule has 7 heteroatoms. The van der Waals surface area contributed by atoms with Crippen molar-refractivity contribution in [1.29, 1.82) is 0 Å². The fraction of sp³-hybridized carbons (Fsp3) is 0.263. The van der Waals surface area contributed by atoms with Crippen molar-refractivity contribution in [3.8, 4) is 5.82 Å². The molecule has 2 aromatic heterocycles. The summed E-state index contributed by atoms with van der Waals surface area (Å²) in [6.45, 7) is 4.72. The zero-order valence-corrected chi connectivity index (χ0v) is 14.6. The molecule has 1 aliphatic heterocycles. The Morgan fingerprint density at radius 2 is 1.69 bits per heavy atom. The molecule has 0 N–H and O–H groups in total. The molecule has 7 nitrogen and oxygen atoms in total. The number of carbonyl (C=O) groups is 1. The molecule has 0 aliphatic carbocycles. The van der Waals surface area contributed by atoms with Crippen LogP contribution in [0.3, 0.4) is 0 Å². The number of piperazine rings is 1. The predicted octanol–water partition coefficient (Wildman–Crippen LogP) is 1.93. The Labute approximate surface area is 151 Å². The van der Waals surface area contributed by atoms with Gasteiger partial charge in [-0.3, -0.25) is 4.79 Å². The lowest BCUT2D eigenvalue weighted by Crippen LogP contribution is -2.49. The van der Waals surface area contributed by atoms with E-state index in [1.807, 2.05) is 60.5 Å². The van der Waals surface area contributed by atoms with Crippen molar-refractivity contribution in [2.75, 3.05) is 31.1 Å². The van der Waals surface area contributed by atoms with Gasteiger partial charge in [-0.05, 0) is 25.1 Å². The molecular formula is C19H20N6O. The van der Waals surface area contributed by atoms with E-state index in [1.165, 1.54) is 0 Å². The van der Waals surface area contributed by atoms with E-state index in [0.29, 0.717) is 18.9 Å². The minimum Gasteiger partial charge on any atom is -0.353 e. The van der Waals surface area contributed by atoms with Gasteiger partial charge in [0.15, 0.2) is 5.82 Å². The Bertz CT molecular complexity index is 886. The number of hydrogen-bond donors (Lipinski definition) is 0. The molecule has 1 saturated heterocycles. The van der Waals surface area contributed by atoms with E-state index in [4.69, 9.17) is 0 Å². The van der Waals surface area contributed by atoms with Crippen LogP contribution in [0.2, 0.25) is 0 Å². The number of anilines is 1. The first kappa shape index (κ1) is 16.3. The monoisotopic (exact) mass is 348 g/mol. The van der Waals surface area contributed by atoms with E-state index >= 15 is 0 Å². The molecule has 0 unspecified atom stereocenters. The van der Waals surface area contributed by atoms with Gasteiger partial charge in [-0.25, -0.2) is 14.6 Å². The van der Waals surface area contributed by atoms with E-state index in [0.717, 1.165) is 30.3 Å². The van der Waals surface area contributed by atoms with Gasteiger partial charge in [0.2, 0.25) is 0 Å². The third-order valence-corrected chi connectivity index (χ3v) is 4.46. The highest BCUT2D eigenvalue weighted by atomic mass is 16.2. The summed E-state index contributed by atoms with van der Waals surface area (Å²) >= 11 is 0. The molecule has 0 radical (unpaired) electrons. The van der Waals surface area contributed by atoms with E-state index in [-0.39, 0.29) is 5.91 Å². The Kier molecular flexibility index (Phi) is 4.35. The van der Waals surface area contributed by atoms with Crippen molar-refractivity contribution < 1.29 is 4.79 Å². The maximum absolute atomic E-state index is 12.6. The average Bonchev–Trinajstić information content (AvgIpc) is 3.23. The van der Waals surface area contributed by atoms with Crippen LogP contribution in [-0.2, 0) is 0 Å². The summed E-state index contributed by atoms with van der Waals surface area (Å²) in [6.07, 6.45) is 3.59. The lowest BCUT2D eigenvalue weighted by atomic mass is 10.2. The zero-order chi connectivity index (χ0) is 17.9. The number of benzene rings is 1. The summed E-state index contributed by atoms with van der Waals surface area (Å²) in [5.74, 6) is 2.41. The van der Waals surface area contributed by atoms with Gasteiger partial charge in [-0.1, -0.05) is 18.2 Å². The third kappa shape index (κ3) is 3.28. The van der Waals surface area contributed by atoms with Gasteiger partial charge < -0.3 is 9.80 Å². The molecule has 1 aliphatic rings. The minimum absolute atomic E-state index is 0.0846. The predicted molar refractivity (Wildman–Crippen MR) is 98.4 cm³/mol. The van der Waals surface area contributed by atoms with Gasteiger partial charge >= 0.3 is 0 Å². The van der Waals surface area contributed by atoms with Crippen molar-refractivity contribution in [1.82, 2.24) is 24.6 Å². The Hall–Kier alpha value is -3.22. The van der Waals surface area contributed by atoms with Crippen LogP contribution in [0.1, 0.15) is 16.2 Å². The number of rotatable bonds is 3. The Balaban J connectivity index is 1.47. The van der Waals surface area contributed by atoms with E-state index in [2.05, 4.69) is 20.0 Å². The van der Waals surface area contributed by atoms with Crippen molar-refractivity contribution in [3.63, 3.8) is 0 Å². The highest BCUT2D eigenvalue weighted by Crippen LogP contribution is 2.18. The topological polar surface area (TPSA) is 67.2 Å². The van der Waals surface area contributed by atoms with Crippen LogP contribution in [0, 0.1) is 6.92 Å². The maximum atomic E-state index is 12.6. The molecule has 4 rings (SSSR count). The number of hydrogen-bond acceptors (Lipinski definition) is 5. The molecule has 0 bridgehead atoms. The van der Waals surface area contributed by atoms with Crippen LogP contribution in [0.5, 0.6) is 0 Å². The molecule has 132 valence electrons. The Morgan fingerprint density at radius 1 is 0.962 bits per heavy atom. The van der Waals surface area contributed by atoms with Gasteiger partial charge in [0.1, 0.15) is 11.6 Å². The van der Waals surface area contributed by atoms with Gasteiger partial charge in [-0.15, -0.1) is 0 Å². The number of nitrogens with zero attached hydrogens (tertiary/aromatic N) is 6. The fourth-order valence-electron chi connectivity index (χ4n) is 3.12. The summed E-state index contributed by atoms with van der Waals surface area (Å²) in [7, 11) is 0. The average molecular weight is 348 g/mol. The van der Waals surface area contributed by atoms with E-state index < -0.39 is 0 Å². The zero-order valence-electron chi connectivity index (χ0n) is 14.6. The van der Waals surface area contributed by atoms with Gasteiger partial charge in [-0.2, -0.15) is 5.10 Å². The lowest BCUT2D eigenvalue weighted by molar-refractivity contribution is 0.0746. The molecular weight excluding hydrogens is 328 g/mol. The second-order valence-electron chi connectivity index (χ2n) is 6.23. The van der Waals surface area contributed by atoms with Crippen molar-refractivity contribution in [2.24, 2.45) is 0 Å². The fourth-order valence-corrected chi connectivity index (χ4v) is 3.12. The van der Waals surface area contributed by atoms with Gasteiger partial charge in [0.25, 0.3) is 5.91 Å². The Morgan fingerprint density at radius 3 is 2.38 bits per heavy atom. The highest BCUT2D eigenvalue weighted by molar-refractivity contribution is 5.94. The molecule has 0 saturated carbocycles. The summed E-state index contributed by atoms with van der Waals surface area (Å²) < 4.78 is 1.73. The molecule has 1 aromatic carbocycles. The van der Waals surface area contributed by atoms with Crippen molar-refractivity contribution in [3.05, 3.63) is 66.2 Å². The molecule has 1 amide bonds. The number of amides is 1. The van der Waals surface area contributed by atoms with Crippen molar-refractivity contribution >= 4 is 11.7 Å². The second-order valence-corrected chi connectivity index (χ2v) is 6.23. The summed E-state index contributed by atoms with van der Waals surface area (Å²) in [5.41, 5.74) is 0.736. The normalized spacial score (nSPS) is 14.5. The maximum Gasteiger partial charge on any atom is 0.253 e. The number of aryl methyl sites for hydroxylation is 1. The van der Waals surface area contributed by atoms with E-state index in [9.17, 15) is 4.79 Å². The molecule has 3 heterocycles. The second kappa shape index (κ2) is 6.95. The quantitative estimate of drug-likeness (QED) is 0.724. The first-order chi connectivity index (χ1) is 12.7. The van der Waals surface area contributed by atoms with Crippen LogP contribution in [0.15, 0.2) is 54.9 Å². The minimum atomic E-state index is 0.0846. The number of aromatic nitrogens is 4. The molecule has 0 spiro atoms. The first-order valence-corrected chi connectivity index (χ1v) is 8.66. The van der Waals surface area contributed by atoms with Crippen molar-refractivity contribution in [2.45, 2.75) is 6.92 Å². The van der Waals surface area contributed by atoms with Gasteiger partial charge in [0.05, 0.1) is 0 Å². The van der Waals surface area contributed by atoms with Crippen LogP contribution < -0.4 is 4.90 Å². The SMILES string of the molecule is Cc1nc(N2CCN(C(=O)c3ccccc3)CC2)cc(-n2cccn2)n1. The van der Waals surface area contributed by atoms with Crippen LogP contribution in [-0.4, -0.2) is 56.7 Å². The molecule has 3 aromatic rings. The highest BCUT2D eigenvalue weighted by Gasteiger charge is 2.23.